The van der Waals surface area contributed by atoms with E-state index in [1.165, 1.54) is 0 Å². The summed E-state index contributed by atoms with van der Waals surface area (Å²) in [6, 6.07) is 0. The van der Waals surface area contributed by atoms with E-state index in [4.69, 9.17) is 22.1 Å². The molecule has 0 rings (SSSR count). The highest BCUT2D eigenvalue weighted by Crippen LogP contribution is 1.95. The molecule has 0 amide bonds. The Labute approximate surface area is 83.5 Å². The number of aliphatic carboxylic acids is 1. The maximum Gasteiger partial charge on any atom is 0.306 e. The van der Waals surface area contributed by atoms with E-state index in [0.717, 1.165) is 13.1 Å². The zero-order valence-corrected chi connectivity index (χ0v) is 8.76. The molecule has 5 heteroatoms. The number of hydrogen-bond donors (Lipinski definition) is 1. The van der Waals surface area contributed by atoms with Gasteiger partial charge in [0.25, 0.3) is 5.17 Å². The molecule has 0 saturated carbocycles. The molecule has 76 valence electrons. The quantitative estimate of drug-likeness (QED) is 0.681. The molecule has 0 bridgehead atoms. The highest BCUT2D eigenvalue weighted by Gasteiger charge is 2.06. The molecule has 13 heavy (non-hydrogen) atoms. The Bertz CT molecular complexity index is 180. The lowest BCUT2D eigenvalue weighted by atomic mass is 10.5. The lowest BCUT2D eigenvalue weighted by Gasteiger charge is -2.20. The summed E-state index contributed by atoms with van der Waals surface area (Å²) in [5.74, 6) is -0.873. The highest BCUT2D eigenvalue weighted by atomic mass is 32.1. The predicted molar refractivity (Wildman–Crippen MR) is 53.7 cm³/mol. The number of carboxylic acid groups (broad SMARTS) is 1. The molecule has 0 aromatic rings. The van der Waals surface area contributed by atoms with Gasteiger partial charge < -0.3 is 14.7 Å². The molecule has 4 nitrogen and oxygen atoms in total. The molecule has 0 aliphatic carbocycles. The Kier molecular flexibility index (Phi) is 6.22. The van der Waals surface area contributed by atoms with Crippen molar-refractivity contribution in [2.45, 2.75) is 20.3 Å². The van der Waals surface area contributed by atoms with Crippen molar-refractivity contribution in [1.29, 1.82) is 0 Å². The van der Waals surface area contributed by atoms with Crippen molar-refractivity contribution in [2.24, 2.45) is 0 Å². The van der Waals surface area contributed by atoms with Gasteiger partial charge in [0, 0.05) is 13.1 Å². The smallest absolute Gasteiger partial charge is 0.306 e. The zero-order chi connectivity index (χ0) is 10.3. The van der Waals surface area contributed by atoms with Gasteiger partial charge in [-0.2, -0.15) is 0 Å². The summed E-state index contributed by atoms with van der Waals surface area (Å²) in [5.41, 5.74) is 0. The first kappa shape index (κ1) is 12.2. The van der Waals surface area contributed by atoms with Crippen LogP contribution in [0.5, 0.6) is 0 Å². The molecule has 0 unspecified atom stereocenters. The van der Waals surface area contributed by atoms with E-state index in [9.17, 15) is 4.79 Å². The van der Waals surface area contributed by atoms with Gasteiger partial charge >= 0.3 is 5.97 Å². The normalized spacial score (nSPS) is 9.38. The van der Waals surface area contributed by atoms with Crippen LogP contribution in [0, 0.1) is 0 Å². The number of thiocarbonyl (C=S) groups is 1. The SMILES string of the molecule is CCN(CC)C(=S)OCCC(=O)O. The summed E-state index contributed by atoms with van der Waals surface area (Å²) in [6.45, 7) is 5.64. The van der Waals surface area contributed by atoms with Gasteiger partial charge in [-0.15, -0.1) is 0 Å². The molecule has 0 spiro atoms. The monoisotopic (exact) mass is 205 g/mol. The van der Waals surface area contributed by atoms with Crippen LogP contribution in [0.25, 0.3) is 0 Å². The Balaban J connectivity index is 3.66. The summed E-state index contributed by atoms with van der Waals surface area (Å²) >= 11 is 4.94. The van der Waals surface area contributed by atoms with Crippen LogP contribution in [-0.4, -0.2) is 40.8 Å². The molecule has 0 heterocycles. The van der Waals surface area contributed by atoms with Crippen molar-refractivity contribution in [3.63, 3.8) is 0 Å². The van der Waals surface area contributed by atoms with Crippen molar-refractivity contribution >= 4 is 23.4 Å². The topological polar surface area (TPSA) is 49.8 Å². The van der Waals surface area contributed by atoms with E-state index in [1.54, 1.807) is 0 Å². The fourth-order valence-corrected chi connectivity index (χ4v) is 1.14. The van der Waals surface area contributed by atoms with E-state index in [0.29, 0.717) is 5.17 Å². The minimum Gasteiger partial charge on any atom is -0.481 e. The van der Waals surface area contributed by atoms with Gasteiger partial charge in [-0.05, 0) is 26.1 Å². The molecular formula is C8H15NO3S. The van der Waals surface area contributed by atoms with Crippen molar-refractivity contribution < 1.29 is 14.6 Å². The molecule has 0 aromatic heterocycles. The summed E-state index contributed by atoms with van der Waals surface area (Å²) in [4.78, 5) is 12.0. The van der Waals surface area contributed by atoms with Crippen LogP contribution < -0.4 is 0 Å². The second-order valence-electron chi connectivity index (χ2n) is 2.43. The molecule has 0 aliphatic rings. The fourth-order valence-electron chi connectivity index (χ4n) is 0.799. The van der Waals surface area contributed by atoms with Gasteiger partial charge in [0.15, 0.2) is 0 Å². The summed E-state index contributed by atoms with van der Waals surface area (Å²) in [6.07, 6.45) is -0.0125. The molecular weight excluding hydrogens is 190 g/mol. The Morgan fingerprint density at radius 1 is 1.46 bits per heavy atom. The van der Waals surface area contributed by atoms with Crippen LogP contribution in [0.4, 0.5) is 0 Å². The van der Waals surface area contributed by atoms with Crippen LogP contribution in [0.2, 0.25) is 0 Å². The minimum atomic E-state index is -0.873. The fraction of sp³-hybridized carbons (Fsp3) is 0.750. The average Bonchev–Trinajstić information content (AvgIpc) is 2.05. The summed E-state index contributed by atoms with van der Waals surface area (Å²) < 4.78 is 5.07. The van der Waals surface area contributed by atoms with E-state index >= 15 is 0 Å². The highest BCUT2D eigenvalue weighted by molar-refractivity contribution is 7.80. The lowest BCUT2D eigenvalue weighted by molar-refractivity contribution is -0.137. The Morgan fingerprint density at radius 2 is 2.00 bits per heavy atom. The number of carboxylic acids is 1. The van der Waals surface area contributed by atoms with E-state index in [-0.39, 0.29) is 13.0 Å². The first-order valence-corrected chi connectivity index (χ1v) is 4.66. The van der Waals surface area contributed by atoms with Gasteiger partial charge in [0.2, 0.25) is 0 Å². The van der Waals surface area contributed by atoms with Crippen molar-refractivity contribution in [3.8, 4) is 0 Å². The summed E-state index contributed by atoms with van der Waals surface area (Å²) in [7, 11) is 0. The van der Waals surface area contributed by atoms with Gasteiger partial charge in [-0.1, -0.05) is 0 Å². The maximum atomic E-state index is 10.2. The number of carbonyl (C=O) groups is 1. The third kappa shape index (κ3) is 5.41. The lowest BCUT2D eigenvalue weighted by Crippen LogP contribution is -2.31. The molecule has 0 fully saturated rings. The Hall–Kier alpha value is -0.840. The molecule has 0 atom stereocenters. The van der Waals surface area contributed by atoms with Crippen molar-refractivity contribution in [1.82, 2.24) is 4.90 Å². The third-order valence-corrected chi connectivity index (χ3v) is 1.94. The number of rotatable bonds is 5. The van der Waals surface area contributed by atoms with Gasteiger partial charge in [-0.3, -0.25) is 4.79 Å². The second-order valence-corrected chi connectivity index (χ2v) is 2.78. The molecule has 0 radical (unpaired) electrons. The van der Waals surface area contributed by atoms with Crippen molar-refractivity contribution in [2.75, 3.05) is 19.7 Å². The molecule has 0 aliphatic heterocycles. The van der Waals surface area contributed by atoms with Gasteiger partial charge in [-0.25, -0.2) is 0 Å². The van der Waals surface area contributed by atoms with Gasteiger partial charge in [0.1, 0.15) is 6.61 Å². The Morgan fingerprint density at radius 3 is 2.38 bits per heavy atom. The van der Waals surface area contributed by atoms with Crippen LogP contribution in [0.15, 0.2) is 0 Å². The van der Waals surface area contributed by atoms with E-state index < -0.39 is 5.97 Å². The van der Waals surface area contributed by atoms with E-state index in [1.807, 2.05) is 18.7 Å². The average molecular weight is 205 g/mol. The second kappa shape index (κ2) is 6.65. The molecule has 1 N–H and O–H groups in total. The first-order chi connectivity index (χ1) is 6.11. The number of nitrogens with zero attached hydrogens (tertiary/aromatic N) is 1. The van der Waals surface area contributed by atoms with Crippen LogP contribution in [0.3, 0.4) is 0 Å². The first-order valence-electron chi connectivity index (χ1n) is 4.25. The zero-order valence-electron chi connectivity index (χ0n) is 7.95. The summed E-state index contributed by atoms with van der Waals surface area (Å²) in [5, 5.41) is 8.72. The van der Waals surface area contributed by atoms with Crippen LogP contribution in [-0.2, 0) is 9.53 Å². The minimum absolute atomic E-state index is 0.0125. The number of ether oxygens (including phenoxy) is 1. The number of hydrogen-bond acceptors (Lipinski definition) is 3. The van der Waals surface area contributed by atoms with Crippen molar-refractivity contribution in [3.05, 3.63) is 0 Å². The predicted octanol–water partition coefficient (Wildman–Crippen LogP) is 1.10. The maximum absolute atomic E-state index is 10.2. The molecule has 0 aromatic carbocycles. The third-order valence-electron chi connectivity index (χ3n) is 1.56. The standard InChI is InChI=1S/C8H15NO3S/c1-3-9(4-2)8(13)12-6-5-7(10)11/h3-6H2,1-2H3,(H,10,11). The molecule has 0 saturated heterocycles. The largest absolute Gasteiger partial charge is 0.481 e. The van der Waals surface area contributed by atoms with E-state index in [2.05, 4.69) is 0 Å². The van der Waals surface area contributed by atoms with Crippen LogP contribution >= 0.6 is 12.2 Å². The van der Waals surface area contributed by atoms with Gasteiger partial charge in [0.05, 0.1) is 6.42 Å². The van der Waals surface area contributed by atoms with Crippen LogP contribution in [0.1, 0.15) is 20.3 Å².